The summed E-state index contributed by atoms with van der Waals surface area (Å²) in [5, 5.41) is 4.24. The molecule has 2 aliphatic rings. The molecule has 168 valence electrons. The van der Waals surface area contributed by atoms with Crippen LogP contribution in [-0.4, -0.2) is 55.3 Å². The van der Waals surface area contributed by atoms with E-state index in [2.05, 4.69) is 20.0 Å². The summed E-state index contributed by atoms with van der Waals surface area (Å²) in [5.41, 5.74) is 4.97. The lowest BCUT2D eigenvalue weighted by molar-refractivity contribution is -0.00605. The van der Waals surface area contributed by atoms with Crippen LogP contribution in [0.1, 0.15) is 48.0 Å². The summed E-state index contributed by atoms with van der Waals surface area (Å²) in [5.74, 6) is -2.16. The maximum atomic E-state index is 13.8. The Morgan fingerprint density at radius 2 is 1.94 bits per heavy atom. The highest BCUT2D eigenvalue weighted by molar-refractivity contribution is 5.86. The first kappa shape index (κ1) is 20.9. The molecule has 1 saturated heterocycles. The molecule has 8 nitrogen and oxygen atoms in total. The van der Waals surface area contributed by atoms with Crippen LogP contribution in [0.3, 0.4) is 0 Å². The molecule has 32 heavy (non-hydrogen) atoms. The van der Waals surface area contributed by atoms with Gasteiger partial charge in [0.25, 0.3) is 5.92 Å². The molecule has 1 aliphatic heterocycles. The maximum absolute atomic E-state index is 13.8. The van der Waals surface area contributed by atoms with Crippen molar-refractivity contribution in [3.8, 4) is 0 Å². The molecule has 10 heteroatoms. The average molecular weight is 441 g/mol. The molecule has 1 aliphatic carbocycles. The van der Waals surface area contributed by atoms with Gasteiger partial charge in [0.1, 0.15) is 11.6 Å². The SMILES string of the molecule is Cc1nc2nc(N3CCO[C@H](c4cnn(C)c4)C3)nc(C3=CCC(F)(F)CC3)c2nc1C. The van der Waals surface area contributed by atoms with E-state index < -0.39 is 5.92 Å². The monoisotopic (exact) mass is 441 g/mol. The Morgan fingerprint density at radius 1 is 1.12 bits per heavy atom. The minimum atomic E-state index is -2.67. The number of rotatable bonds is 3. The fraction of sp³-hybridized carbons (Fsp3) is 0.500. The molecule has 0 saturated carbocycles. The predicted octanol–water partition coefficient (Wildman–Crippen LogP) is 3.55. The highest BCUT2D eigenvalue weighted by Gasteiger charge is 2.33. The molecule has 3 aromatic rings. The van der Waals surface area contributed by atoms with Gasteiger partial charge in [-0.2, -0.15) is 10.1 Å². The van der Waals surface area contributed by atoms with Gasteiger partial charge in [0.15, 0.2) is 5.65 Å². The summed E-state index contributed by atoms with van der Waals surface area (Å²) in [6.07, 6.45) is 4.93. The van der Waals surface area contributed by atoms with Crippen molar-refractivity contribution in [2.24, 2.45) is 7.05 Å². The molecular formula is C22H25F2N7O. The Morgan fingerprint density at radius 3 is 2.66 bits per heavy atom. The number of allylic oxidation sites excluding steroid dienone is 2. The Kier molecular flexibility index (Phi) is 5.11. The summed E-state index contributed by atoms with van der Waals surface area (Å²) in [6, 6.07) is 0. The van der Waals surface area contributed by atoms with E-state index in [-0.39, 0.29) is 25.4 Å². The van der Waals surface area contributed by atoms with E-state index in [0.29, 0.717) is 42.5 Å². The van der Waals surface area contributed by atoms with Gasteiger partial charge in [0.05, 0.1) is 36.4 Å². The van der Waals surface area contributed by atoms with Crippen molar-refractivity contribution in [2.45, 2.75) is 45.1 Å². The summed E-state index contributed by atoms with van der Waals surface area (Å²) in [4.78, 5) is 20.9. The maximum Gasteiger partial charge on any atom is 0.251 e. The van der Waals surface area contributed by atoms with Crippen molar-refractivity contribution in [3.63, 3.8) is 0 Å². The van der Waals surface area contributed by atoms with Gasteiger partial charge in [-0.25, -0.2) is 23.7 Å². The normalized spacial score (nSPS) is 21.1. The van der Waals surface area contributed by atoms with Crippen LogP contribution in [0.5, 0.6) is 0 Å². The highest BCUT2D eigenvalue weighted by atomic mass is 19.3. The number of anilines is 1. The topological polar surface area (TPSA) is 81.9 Å². The quantitative estimate of drug-likeness (QED) is 0.615. The van der Waals surface area contributed by atoms with Crippen molar-refractivity contribution in [2.75, 3.05) is 24.6 Å². The lowest BCUT2D eigenvalue weighted by Gasteiger charge is -2.33. The Bertz CT molecular complexity index is 1210. The van der Waals surface area contributed by atoms with E-state index in [4.69, 9.17) is 14.7 Å². The van der Waals surface area contributed by atoms with Gasteiger partial charge < -0.3 is 9.64 Å². The summed E-state index contributed by atoms with van der Waals surface area (Å²) in [6.45, 7) is 5.47. The van der Waals surface area contributed by atoms with E-state index in [0.717, 1.165) is 22.5 Å². The number of ether oxygens (including phenoxy) is 1. The van der Waals surface area contributed by atoms with E-state index in [9.17, 15) is 8.78 Å². The lowest BCUT2D eigenvalue weighted by Crippen LogP contribution is -2.39. The molecule has 0 aromatic carbocycles. The van der Waals surface area contributed by atoms with Gasteiger partial charge in [-0.15, -0.1) is 0 Å². The van der Waals surface area contributed by atoms with E-state index in [1.807, 2.05) is 27.1 Å². The number of hydrogen-bond acceptors (Lipinski definition) is 7. The minimum absolute atomic E-state index is 0.154. The Balaban J connectivity index is 1.56. The van der Waals surface area contributed by atoms with Crippen molar-refractivity contribution < 1.29 is 13.5 Å². The zero-order valence-electron chi connectivity index (χ0n) is 18.3. The molecule has 5 rings (SSSR count). The fourth-order valence-corrected chi connectivity index (χ4v) is 4.11. The van der Waals surface area contributed by atoms with Crippen molar-refractivity contribution in [1.82, 2.24) is 29.7 Å². The molecular weight excluding hydrogens is 416 g/mol. The fourth-order valence-electron chi connectivity index (χ4n) is 4.11. The lowest BCUT2D eigenvalue weighted by atomic mass is 9.93. The van der Waals surface area contributed by atoms with Crippen molar-refractivity contribution in [1.29, 1.82) is 0 Å². The molecule has 0 unspecified atom stereocenters. The van der Waals surface area contributed by atoms with Crippen LogP contribution in [0.25, 0.3) is 16.7 Å². The number of halogens is 2. The van der Waals surface area contributed by atoms with Gasteiger partial charge in [0.2, 0.25) is 5.95 Å². The van der Waals surface area contributed by atoms with Gasteiger partial charge in [0, 0.05) is 38.2 Å². The van der Waals surface area contributed by atoms with Crippen LogP contribution in [0, 0.1) is 13.8 Å². The Hall–Kier alpha value is -3.01. The van der Waals surface area contributed by atoms with Gasteiger partial charge in [-0.05, 0) is 25.8 Å². The van der Waals surface area contributed by atoms with Crippen LogP contribution < -0.4 is 4.90 Å². The number of aromatic nitrogens is 6. The summed E-state index contributed by atoms with van der Waals surface area (Å²) < 4.78 is 35.2. The molecule has 0 spiro atoms. The zero-order chi connectivity index (χ0) is 22.5. The first-order chi connectivity index (χ1) is 15.3. The third kappa shape index (κ3) is 3.94. The van der Waals surface area contributed by atoms with Gasteiger partial charge >= 0.3 is 0 Å². The number of fused-ring (bicyclic) bond motifs is 1. The largest absolute Gasteiger partial charge is 0.370 e. The summed E-state index contributed by atoms with van der Waals surface area (Å²) >= 11 is 0. The standard InChI is InChI=1S/C22H25F2N7O/c1-13-14(2)27-20-19(26-13)18(15-4-6-22(23,24)7-5-15)28-21(29-20)31-8-9-32-17(12-31)16-10-25-30(3)11-16/h4,10-11,17H,5-9,12H2,1-3H3/t17-/m0/s1. The molecule has 1 atom stereocenters. The van der Waals surface area contributed by atoms with Crippen LogP contribution in [0.4, 0.5) is 14.7 Å². The number of nitrogens with zero attached hydrogens (tertiary/aromatic N) is 7. The average Bonchev–Trinajstić information content (AvgIpc) is 3.21. The third-order valence-corrected chi connectivity index (χ3v) is 6.09. The number of alkyl halides is 2. The number of morpholine rings is 1. The second kappa shape index (κ2) is 7.84. The van der Waals surface area contributed by atoms with E-state index >= 15 is 0 Å². The first-order valence-electron chi connectivity index (χ1n) is 10.7. The molecule has 0 N–H and O–H groups in total. The molecule has 3 aromatic heterocycles. The van der Waals surface area contributed by atoms with Crippen LogP contribution >= 0.6 is 0 Å². The zero-order valence-corrected chi connectivity index (χ0v) is 18.3. The minimum Gasteiger partial charge on any atom is -0.370 e. The summed E-state index contributed by atoms with van der Waals surface area (Å²) in [7, 11) is 1.87. The second-order valence-corrected chi connectivity index (χ2v) is 8.48. The molecule has 0 amide bonds. The molecule has 0 radical (unpaired) electrons. The first-order valence-corrected chi connectivity index (χ1v) is 10.7. The second-order valence-electron chi connectivity index (χ2n) is 8.48. The molecule has 4 heterocycles. The molecule has 0 bridgehead atoms. The van der Waals surface area contributed by atoms with Gasteiger partial charge in [-0.1, -0.05) is 6.08 Å². The van der Waals surface area contributed by atoms with E-state index in [1.165, 1.54) is 0 Å². The number of hydrogen-bond donors (Lipinski definition) is 0. The van der Waals surface area contributed by atoms with E-state index in [1.54, 1.807) is 17.0 Å². The smallest absolute Gasteiger partial charge is 0.251 e. The third-order valence-electron chi connectivity index (χ3n) is 6.09. The van der Waals surface area contributed by atoms with Crippen molar-refractivity contribution in [3.05, 3.63) is 41.1 Å². The number of aryl methyl sites for hydroxylation is 3. The predicted molar refractivity (Wildman–Crippen MR) is 115 cm³/mol. The highest BCUT2D eigenvalue weighted by Crippen LogP contribution is 2.38. The van der Waals surface area contributed by atoms with Gasteiger partial charge in [-0.3, -0.25) is 4.68 Å². The van der Waals surface area contributed by atoms with Crippen LogP contribution in [-0.2, 0) is 11.8 Å². The van der Waals surface area contributed by atoms with Crippen molar-refractivity contribution >= 4 is 22.7 Å². The molecule has 1 fully saturated rings. The van der Waals surface area contributed by atoms with Crippen LogP contribution in [0.2, 0.25) is 0 Å². The Labute approximate surface area is 184 Å². The van der Waals surface area contributed by atoms with Crippen LogP contribution in [0.15, 0.2) is 18.5 Å².